The Hall–Kier alpha value is -2.96. The fraction of sp³-hybridized carbons (Fsp3) is 0.300. The molecule has 0 aliphatic heterocycles. The van der Waals surface area contributed by atoms with Crippen molar-refractivity contribution in [3.63, 3.8) is 0 Å². The summed E-state index contributed by atoms with van der Waals surface area (Å²) in [7, 11) is 1.59. The van der Waals surface area contributed by atoms with Gasteiger partial charge in [-0.15, -0.1) is 0 Å². The average Bonchev–Trinajstić information content (AvgIpc) is 2.64. The molecule has 2 aromatic rings. The number of hydrogen-bond acceptors (Lipinski definition) is 3. The Morgan fingerprint density at radius 3 is 2.48 bits per heavy atom. The molecule has 2 aromatic carbocycles. The maximum Gasteiger partial charge on any atom is 0.226 e. The molecule has 0 aliphatic rings. The van der Waals surface area contributed by atoms with Crippen LogP contribution in [0.25, 0.3) is 0 Å². The molecule has 1 N–H and O–H groups in total. The van der Waals surface area contributed by atoms with Gasteiger partial charge < -0.3 is 15.0 Å². The number of nitrogens with zero attached hydrogens (tertiary/aromatic N) is 1. The van der Waals surface area contributed by atoms with Gasteiger partial charge in [0.05, 0.1) is 7.11 Å². The van der Waals surface area contributed by atoms with E-state index in [1.807, 2.05) is 24.3 Å². The maximum absolute atomic E-state index is 13.2. The van der Waals surface area contributed by atoms with Crippen LogP contribution in [0.2, 0.25) is 0 Å². The van der Waals surface area contributed by atoms with Crippen molar-refractivity contribution in [1.82, 2.24) is 4.90 Å². The van der Waals surface area contributed by atoms with Gasteiger partial charge in [-0.2, -0.15) is 0 Å². The van der Waals surface area contributed by atoms with Crippen LogP contribution in [0.3, 0.4) is 0 Å². The van der Waals surface area contributed by atoms with Gasteiger partial charge in [-0.05, 0) is 30.2 Å². The highest BCUT2D eigenvalue weighted by molar-refractivity contribution is 5.91. The Labute approximate surface area is 156 Å². The van der Waals surface area contributed by atoms with Crippen molar-refractivity contribution >= 4 is 17.5 Å². The van der Waals surface area contributed by atoms with Gasteiger partial charge in [0.15, 0.2) is 11.6 Å². The van der Waals surface area contributed by atoms with Gasteiger partial charge >= 0.3 is 0 Å². The first-order valence-corrected chi connectivity index (χ1v) is 8.53. The van der Waals surface area contributed by atoms with E-state index >= 15 is 0 Å². The average molecular weight is 376 g/mol. The Balaban J connectivity index is 1.89. The third-order valence-electron chi connectivity index (χ3n) is 4.10. The summed E-state index contributed by atoms with van der Waals surface area (Å²) in [6.07, 6.45) is 0.638. The van der Waals surface area contributed by atoms with Crippen molar-refractivity contribution in [2.45, 2.75) is 19.8 Å². The van der Waals surface area contributed by atoms with Gasteiger partial charge in [0.25, 0.3) is 0 Å². The number of benzene rings is 2. The third kappa shape index (κ3) is 6.06. The lowest BCUT2D eigenvalue weighted by Gasteiger charge is -2.21. The SMILES string of the molecule is COc1ccccc1CCN(CCC(=O)Nc1ccc(F)c(F)c1)C(C)=O. The van der Waals surface area contributed by atoms with Crippen LogP contribution in [-0.2, 0) is 16.0 Å². The number of ether oxygens (including phenoxy) is 1. The predicted octanol–water partition coefficient (Wildman–Crippen LogP) is 3.39. The van der Waals surface area contributed by atoms with E-state index in [9.17, 15) is 18.4 Å². The summed E-state index contributed by atoms with van der Waals surface area (Å²) in [6, 6.07) is 10.7. The highest BCUT2D eigenvalue weighted by Crippen LogP contribution is 2.18. The predicted molar refractivity (Wildman–Crippen MR) is 98.6 cm³/mol. The minimum Gasteiger partial charge on any atom is -0.496 e. The number of halogens is 2. The number of amides is 2. The van der Waals surface area contributed by atoms with Crippen LogP contribution >= 0.6 is 0 Å². The maximum atomic E-state index is 13.2. The van der Waals surface area contributed by atoms with Gasteiger partial charge in [-0.3, -0.25) is 9.59 Å². The summed E-state index contributed by atoms with van der Waals surface area (Å²) in [5.41, 5.74) is 1.14. The van der Waals surface area contributed by atoms with Gasteiger partial charge in [0, 0.05) is 38.2 Å². The van der Waals surface area contributed by atoms with Crippen molar-refractivity contribution in [2.24, 2.45) is 0 Å². The lowest BCUT2D eigenvalue weighted by Crippen LogP contribution is -2.33. The van der Waals surface area contributed by atoms with Crippen LogP contribution < -0.4 is 10.1 Å². The fourth-order valence-corrected chi connectivity index (χ4v) is 2.63. The van der Waals surface area contributed by atoms with Crippen molar-refractivity contribution in [3.8, 4) is 5.75 Å². The summed E-state index contributed by atoms with van der Waals surface area (Å²) >= 11 is 0. The largest absolute Gasteiger partial charge is 0.496 e. The topological polar surface area (TPSA) is 58.6 Å². The molecule has 0 aromatic heterocycles. The molecule has 7 heteroatoms. The molecule has 0 saturated carbocycles. The second-order valence-electron chi connectivity index (χ2n) is 5.99. The smallest absolute Gasteiger partial charge is 0.226 e. The molecule has 0 fully saturated rings. The quantitative estimate of drug-likeness (QED) is 0.768. The summed E-state index contributed by atoms with van der Waals surface area (Å²) in [5, 5.41) is 2.49. The Bertz CT molecular complexity index is 812. The number of methoxy groups -OCH3 is 1. The van der Waals surface area contributed by atoms with Crippen molar-refractivity contribution in [3.05, 3.63) is 59.7 Å². The third-order valence-corrected chi connectivity index (χ3v) is 4.10. The van der Waals surface area contributed by atoms with Crippen LogP contribution in [0.4, 0.5) is 14.5 Å². The number of rotatable bonds is 8. The molecule has 144 valence electrons. The lowest BCUT2D eigenvalue weighted by atomic mass is 10.1. The Kier molecular flexibility index (Phi) is 7.28. The molecule has 0 bridgehead atoms. The number of nitrogens with one attached hydrogen (secondary N) is 1. The molecule has 2 rings (SSSR count). The molecule has 5 nitrogen and oxygen atoms in total. The van der Waals surface area contributed by atoms with E-state index < -0.39 is 11.6 Å². The first-order valence-electron chi connectivity index (χ1n) is 8.53. The van der Waals surface area contributed by atoms with E-state index in [4.69, 9.17) is 4.74 Å². The minimum absolute atomic E-state index is 0.0461. The fourth-order valence-electron chi connectivity index (χ4n) is 2.63. The van der Waals surface area contributed by atoms with Crippen LogP contribution in [-0.4, -0.2) is 36.9 Å². The van der Waals surface area contributed by atoms with Gasteiger partial charge in [0.2, 0.25) is 11.8 Å². The van der Waals surface area contributed by atoms with E-state index in [1.54, 1.807) is 12.0 Å². The summed E-state index contributed by atoms with van der Waals surface area (Å²) in [5.74, 6) is -1.80. The van der Waals surface area contributed by atoms with Gasteiger partial charge in [-0.1, -0.05) is 18.2 Å². The molecule has 0 heterocycles. The van der Waals surface area contributed by atoms with E-state index in [-0.39, 0.29) is 30.5 Å². The van der Waals surface area contributed by atoms with E-state index in [2.05, 4.69) is 5.32 Å². The molecule has 0 radical (unpaired) electrons. The minimum atomic E-state index is -1.03. The van der Waals surface area contributed by atoms with Gasteiger partial charge in [-0.25, -0.2) is 8.78 Å². The first kappa shape index (κ1) is 20.4. The van der Waals surface area contributed by atoms with Crippen molar-refractivity contribution in [2.75, 3.05) is 25.5 Å². The molecule has 0 atom stereocenters. The summed E-state index contributed by atoms with van der Waals surface area (Å²) < 4.78 is 31.4. The van der Waals surface area contributed by atoms with Crippen molar-refractivity contribution < 1.29 is 23.1 Å². The lowest BCUT2D eigenvalue weighted by molar-refractivity contribution is -0.129. The van der Waals surface area contributed by atoms with Crippen LogP contribution in [0, 0.1) is 11.6 Å². The highest BCUT2D eigenvalue weighted by Gasteiger charge is 2.13. The van der Waals surface area contributed by atoms with E-state index in [0.29, 0.717) is 13.0 Å². The Morgan fingerprint density at radius 2 is 1.81 bits per heavy atom. The number of carbonyl (C=O) groups is 2. The highest BCUT2D eigenvalue weighted by atomic mass is 19.2. The molecule has 0 unspecified atom stereocenters. The molecular weight excluding hydrogens is 354 g/mol. The molecule has 0 saturated heterocycles. The Morgan fingerprint density at radius 1 is 1.07 bits per heavy atom. The first-order chi connectivity index (χ1) is 12.9. The normalized spacial score (nSPS) is 10.4. The second-order valence-corrected chi connectivity index (χ2v) is 5.99. The summed E-state index contributed by atoms with van der Waals surface area (Å²) in [4.78, 5) is 25.4. The van der Waals surface area contributed by atoms with E-state index in [0.717, 1.165) is 23.4 Å². The molecular formula is C20H22F2N2O3. The zero-order valence-corrected chi connectivity index (χ0v) is 15.3. The summed E-state index contributed by atoms with van der Waals surface area (Å²) in [6.45, 7) is 2.10. The monoisotopic (exact) mass is 376 g/mol. The molecule has 0 aliphatic carbocycles. The van der Waals surface area contributed by atoms with E-state index in [1.165, 1.54) is 13.0 Å². The van der Waals surface area contributed by atoms with Crippen LogP contribution in [0.5, 0.6) is 5.75 Å². The zero-order valence-electron chi connectivity index (χ0n) is 15.3. The standard InChI is InChI=1S/C20H22F2N2O3/c1-14(25)24(11-9-15-5-3-4-6-19(15)27-2)12-10-20(26)23-16-7-8-17(21)18(22)13-16/h3-8,13H,9-12H2,1-2H3,(H,23,26). The van der Waals surface area contributed by atoms with Crippen molar-refractivity contribution in [1.29, 1.82) is 0 Å². The molecule has 0 spiro atoms. The molecule has 2 amide bonds. The number of anilines is 1. The number of hydrogen-bond donors (Lipinski definition) is 1. The number of carbonyl (C=O) groups excluding carboxylic acids is 2. The van der Waals surface area contributed by atoms with Gasteiger partial charge in [0.1, 0.15) is 5.75 Å². The zero-order chi connectivity index (χ0) is 19.8. The van der Waals surface area contributed by atoms with Crippen LogP contribution in [0.1, 0.15) is 18.9 Å². The molecule has 27 heavy (non-hydrogen) atoms. The van der Waals surface area contributed by atoms with Crippen LogP contribution in [0.15, 0.2) is 42.5 Å². The second kappa shape index (κ2) is 9.66. The number of para-hydroxylation sites is 1.